The molecule has 2 aromatic carbocycles. The van der Waals surface area contributed by atoms with Crippen molar-refractivity contribution in [2.24, 2.45) is 0 Å². The SMILES string of the molecule is O=C(CS(=O)(=O)Cc1cccc(Br)c1)Nc1cccc(Cl)c1SC(F)F. The van der Waals surface area contributed by atoms with Crippen LogP contribution >= 0.6 is 39.3 Å². The average Bonchev–Trinajstić information content (AvgIpc) is 2.49. The van der Waals surface area contributed by atoms with Crippen molar-refractivity contribution < 1.29 is 22.0 Å². The van der Waals surface area contributed by atoms with E-state index in [0.29, 0.717) is 5.56 Å². The Kier molecular flexibility index (Phi) is 7.45. The van der Waals surface area contributed by atoms with Gasteiger partial charge in [-0.05, 0) is 29.8 Å². The van der Waals surface area contributed by atoms with Gasteiger partial charge in [0.1, 0.15) is 5.75 Å². The number of rotatable bonds is 7. The van der Waals surface area contributed by atoms with Crippen molar-refractivity contribution >= 4 is 60.7 Å². The minimum atomic E-state index is -3.74. The van der Waals surface area contributed by atoms with Crippen LogP contribution in [0.2, 0.25) is 5.02 Å². The van der Waals surface area contributed by atoms with Gasteiger partial charge in [-0.15, -0.1) is 0 Å². The number of sulfone groups is 1. The van der Waals surface area contributed by atoms with Crippen LogP contribution in [0.25, 0.3) is 0 Å². The third kappa shape index (κ3) is 6.53. The largest absolute Gasteiger partial charge is 0.324 e. The number of carbonyl (C=O) groups excluding carboxylic acids is 1. The topological polar surface area (TPSA) is 63.2 Å². The molecule has 10 heteroatoms. The first-order valence-electron chi connectivity index (χ1n) is 7.14. The van der Waals surface area contributed by atoms with E-state index in [-0.39, 0.29) is 33.1 Å². The van der Waals surface area contributed by atoms with Crippen molar-refractivity contribution in [3.8, 4) is 0 Å². The molecular formula is C16H13BrClF2NO3S2. The molecule has 0 aromatic heterocycles. The van der Waals surface area contributed by atoms with E-state index < -0.39 is 27.3 Å². The zero-order valence-electron chi connectivity index (χ0n) is 13.1. The van der Waals surface area contributed by atoms with E-state index in [1.54, 1.807) is 24.3 Å². The molecule has 140 valence electrons. The molecule has 0 bridgehead atoms. The van der Waals surface area contributed by atoms with Gasteiger partial charge in [0.15, 0.2) is 9.84 Å². The summed E-state index contributed by atoms with van der Waals surface area (Å²) in [6.07, 6.45) is 0. The second-order valence-corrected chi connectivity index (χ2v) is 9.59. The van der Waals surface area contributed by atoms with Gasteiger partial charge in [-0.2, -0.15) is 8.78 Å². The molecule has 2 rings (SSSR count). The fraction of sp³-hybridized carbons (Fsp3) is 0.188. The highest BCUT2D eigenvalue weighted by molar-refractivity contribution is 9.10. The van der Waals surface area contributed by atoms with Gasteiger partial charge in [0.25, 0.3) is 5.76 Å². The third-order valence-electron chi connectivity index (χ3n) is 3.07. The van der Waals surface area contributed by atoms with Crippen LogP contribution in [0.5, 0.6) is 0 Å². The highest BCUT2D eigenvalue weighted by atomic mass is 79.9. The lowest BCUT2D eigenvalue weighted by Gasteiger charge is -2.12. The van der Waals surface area contributed by atoms with Crippen molar-refractivity contribution in [2.75, 3.05) is 11.1 Å². The quantitative estimate of drug-likeness (QED) is 0.564. The lowest BCUT2D eigenvalue weighted by atomic mass is 10.2. The molecule has 0 unspecified atom stereocenters. The minimum Gasteiger partial charge on any atom is -0.324 e. The Balaban J connectivity index is 2.10. The summed E-state index contributed by atoms with van der Waals surface area (Å²) in [6.45, 7) is 0. The molecule has 26 heavy (non-hydrogen) atoms. The zero-order chi connectivity index (χ0) is 19.3. The number of thioether (sulfide) groups is 1. The molecule has 0 saturated heterocycles. The Bertz CT molecular complexity index is 910. The fourth-order valence-electron chi connectivity index (χ4n) is 2.13. The maximum Gasteiger partial charge on any atom is 0.289 e. The van der Waals surface area contributed by atoms with Gasteiger partial charge in [0, 0.05) is 4.47 Å². The van der Waals surface area contributed by atoms with Gasteiger partial charge >= 0.3 is 0 Å². The van der Waals surface area contributed by atoms with Gasteiger partial charge in [-0.25, -0.2) is 8.42 Å². The van der Waals surface area contributed by atoms with Gasteiger partial charge in [0.2, 0.25) is 5.91 Å². The van der Waals surface area contributed by atoms with E-state index in [1.807, 2.05) is 0 Å². The number of alkyl halides is 2. The fourth-order valence-corrected chi connectivity index (χ4v) is 4.75. The molecule has 0 aliphatic rings. The molecule has 1 amide bonds. The molecule has 0 atom stereocenters. The maximum absolute atomic E-state index is 12.7. The Morgan fingerprint density at radius 1 is 1.23 bits per heavy atom. The van der Waals surface area contributed by atoms with Crippen molar-refractivity contribution in [1.29, 1.82) is 0 Å². The van der Waals surface area contributed by atoms with Crippen LogP contribution in [0, 0.1) is 0 Å². The number of amides is 1. The van der Waals surface area contributed by atoms with Crippen LogP contribution in [0.4, 0.5) is 14.5 Å². The first-order chi connectivity index (χ1) is 12.2. The number of hydrogen-bond donors (Lipinski definition) is 1. The highest BCUT2D eigenvalue weighted by Gasteiger charge is 2.20. The number of hydrogen-bond acceptors (Lipinski definition) is 4. The predicted octanol–water partition coefficient (Wildman–Crippen LogP) is 4.97. The third-order valence-corrected chi connectivity index (χ3v) is 6.32. The second-order valence-electron chi connectivity index (χ2n) is 5.21. The summed E-state index contributed by atoms with van der Waals surface area (Å²) in [4.78, 5) is 12.1. The van der Waals surface area contributed by atoms with Crippen LogP contribution in [0.1, 0.15) is 5.56 Å². The molecule has 0 saturated carbocycles. The molecule has 0 radical (unpaired) electrons. The molecule has 4 nitrogen and oxygen atoms in total. The van der Waals surface area contributed by atoms with Crippen LogP contribution in [-0.4, -0.2) is 25.8 Å². The Hall–Kier alpha value is -1.16. The van der Waals surface area contributed by atoms with E-state index in [1.165, 1.54) is 18.2 Å². The number of halogens is 4. The standard InChI is InChI=1S/C16H13BrClF2NO3S2/c17-11-4-1-3-10(7-11)8-26(23,24)9-14(22)21-13-6-2-5-12(18)15(13)25-16(19)20/h1-7,16H,8-9H2,(H,21,22). The summed E-state index contributed by atoms with van der Waals surface area (Å²) in [5, 5.41) is 2.39. The molecule has 1 N–H and O–H groups in total. The van der Waals surface area contributed by atoms with E-state index in [2.05, 4.69) is 21.2 Å². The van der Waals surface area contributed by atoms with Crippen LogP contribution in [0.3, 0.4) is 0 Å². The molecule has 0 fully saturated rings. The zero-order valence-corrected chi connectivity index (χ0v) is 17.1. The smallest absolute Gasteiger partial charge is 0.289 e. The van der Waals surface area contributed by atoms with Gasteiger partial charge in [-0.3, -0.25) is 4.79 Å². The summed E-state index contributed by atoms with van der Waals surface area (Å²) < 4.78 is 50.5. The molecule has 0 spiro atoms. The first-order valence-corrected chi connectivity index (χ1v) is 11.0. The first kappa shape index (κ1) is 21.1. The summed E-state index contributed by atoms with van der Waals surface area (Å²) in [5.74, 6) is -4.64. The molecular weight excluding hydrogens is 472 g/mol. The summed E-state index contributed by atoms with van der Waals surface area (Å²) in [5.41, 5.74) is 0.578. The van der Waals surface area contributed by atoms with Gasteiger partial charge in [-0.1, -0.05) is 57.5 Å². The van der Waals surface area contributed by atoms with Crippen LogP contribution in [-0.2, 0) is 20.4 Å². The van der Waals surface area contributed by atoms with E-state index in [0.717, 1.165) is 4.47 Å². The van der Waals surface area contributed by atoms with E-state index >= 15 is 0 Å². The van der Waals surface area contributed by atoms with Gasteiger partial charge in [0.05, 0.1) is 21.4 Å². The van der Waals surface area contributed by atoms with Crippen molar-refractivity contribution in [1.82, 2.24) is 0 Å². The maximum atomic E-state index is 12.7. The monoisotopic (exact) mass is 483 g/mol. The van der Waals surface area contributed by atoms with Crippen molar-refractivity contribution in [3.05, 3.63) is 57.5 Å². The van der Waals surface area contributed by atoms with E-state index in [9.17, 15) is 22.0 Å². The van der Waals surface area contributed by atoms with Crippen molar-refractivity contribution in [3.63, 3.8) is 0 Å². The molecule has 0 aliphatic heterocycles. The predicted molar refractivity (Wildman–Crippen MR) is 104 cm³/mol. The summed E-state index contributed by atoms with van der Waals surface area (Å²) in [6, 6.07) is 11.0. The van der Waals surface area contributed by atoms with Crippen LogP contribution < -0.4 is 5.32 Å². The number of carbonyl (C=O) groups is 1. The van der Waals surface area contributed by atoms with E-state index in [4.69, 9.17) is 11.6 Å². The lowest BCUT2D eigenvalue weighted by Crippen LogP contribution is -2.24. The van der Waals surface area contributed by atoms with Crippen LogP contribution in [0.15, 0.2) is 51.8 Å². The molecule has 0 heterocycles. The normalized spacial score (nSPS) is 11.6. The highest BCUT2D eigenvalue weighted by Crippen LogP contribution is 2.37. The minimum absolute atomic E-state index is 0.0121. The lowest BCUT2D eigenvalue weighted by molar-refractivity contribution is -0.113. The average molecular weight is 485 g/mol. The Morgan fingerprint density at radius 2 is 1.92 bits per heavy atom. The second kappa shape index (κ2) is 9.16. The summed E-state index contributed by atoms with van der Waals surface area (Å²) in [7, 11) is -3.74. The Morgan fingerprint density at radius 3 is 2.58 bits per heavy atom. The number of benzene rings is 2. The molecule has 0 aliphatic carbocycles. The number of anilines is 1. The molecule has 2 aromatic rings. The number of nitrogens with one attached hydrogen (secondary N) is 1. The van der Waals surface area contributed by atoms with Gasteiger partial charge < -0.3 is 5.32 Å². The Labute approximate surface area is 167 Å². The van der Waals surface area contributed by atoms with Crippen molar-refractivity contribution in [2.45, 2.75) is 16.4 Å². The summed E-state index contributed by atoms with van der Waals surface area (Å²) >= 11 is 9.31.